The van der Waals surface area contributed by atoms with Crippen LogP contribution in [0.1, 0.15) is 25.6 Å². The summed E-state index contributed by atoms with van der Waals surface area (Å²) in [5, 5.41) is 5.63. The molecular formula is C10H16BrNS. The van der Waals surface area contributed by atoms with Gasteiger partial charge in [0.1, 0.15) is 0 Å². The normalized spacial score (nSPS) is 13.6. The molecule has 0 aliphatic carbocycles. The van der Waals surface area contributed by atoms with Gasteiger partial charge in [-0.25, -0.2) is 0 Å². The lowest BCUT2D eigenvalue weighted by Crippen LogP contribution is -2.33. The number of thiophene rings is 1. The van der Waals surface area contributed by atoms with Gasteiger partial charge in [0, 0.05) is 26.8 Å². The lowest BCUT2D eigenvalue weighted by atomic mass is 10.2. The van der Waals surface area contributed by atoms with Crippen LogP contribution >= 0.6 is 27.3 Å². The molecule has 1 aromatic rings. The molecule has 0 spiro atoms. The monoisotopic (exact) mass is 261 g/mol. The smallest absolute Gasteiger partial charge is 0.0285 e. The van der Waals surface area contributed by atoms with E-state index in [1.54, 1.807) is 0 Å². The molecule has 0 amide bonds. The average Bonchev–Trinajstić information content (AvgIpc) is 2.33. The molecule has 0 bridgehead atoms. The minimum absolute atomic E-state index is 0.561. The summed E-state index contributed by atoms with van der Waals surface area (Å²) in [6, 6.07) is 3.33. The highest BCUT2D eigenvalue weighted by Gasteiger charge is 2.06. The summed E-state index contributed by atoms with van der Waals surface area (Å²) in [7, 11) is 0. The molecule has 0 saturated carbocycles. The first-order valence-electron chi connectivity index (χ1n) is 4.57. The molecule has 3 heteroatoms. The van der Waals surface area contributed by atoms with Crippen molar-refractivity contribution in [3.8, 4) is 0 Å². The first kappa shape index (κ1) is 11.2. The molecular weight excluding hydrogens is 246 g/mol. The molecule has 1 N–H and O–H groups in total. The van der Waals surface area contributed by atoms with Crippen LogP contribution in [0.15, 0.2) is 15.9 Å². The summed E-state index contributed by atoms with van der Waals surface area (Å²) in [5.41, 5.74) is 0. The molecule has 1 rings (SSSR count). The number of nitrogens with one attached hydrogen (secondary N) is 1. The van der Waals surface area contributed by atoms with Crippen molar-refractivity contribution >= 4 is 27.3 Å². The van der Waals surface area contributed by atoms with E-state index < -0.39 is 0 Å². The highest BCUT2D eigenvalue weighted by molar-refractivity contribution is 9.10. The van der Waals surface area contributed by atoms with E-state index in [9.17, 15) is 0 Å². The molecule has 0 radical (unpaired) electrons. The summed E-state index contributed by atoms with van der Waals surface area (Å²) in [6.07, 6.45) is 1.12. The van der Waals surface area contributed by atoms with Crippen LogP contribution in [0.5, 0.6) is 0 Å². The Kier molecular flexibility index (Phi) is 4.42. The molecule has 0 aliphatic heterocycles. The van der Waals surface area contributed by atoms with Crippen LogP contribution in [0, 0.1) is 0 Å². The van der Waals surface area contributed by atoms with E-state index in [-0.39, 0.29) is 0 Å². The Labute approximate surface area is 92.7 Å². The van der Waals surface area contributed by atoms with Crippen molar-refractivity contribution in [3.63, 3.8) is 0 Å². The maximum Gasteiger partial charge on any atom is 0.0285 e. The lowest BCUT2D eigenvalue weighted by molar-refractivity contribution is 0.490. The quantitative estimate of drug-likeness (QED) is 0.876. The molecule has 0 aliphatic rings. The van der Waals surface area contributed by atoms with Crippen LogP contribution in [-0.4, -0.2) is 12.1 Å². The molecule has 74 valence electrons. The molecule has 13 heavy (non-hydrogen) atoms. The van der Waals surface area contributed by atoms with Crippen LogP contribution in [0.2, 0.25) is 0 Å². The van der Waals surface area contributed by atoms with Gasteiger partial charge in [0.2, 0.25) is 0 Å². The van der Waals surface area contributed by atoms with Crippen molar-refractivity contribution in [2.24, 2.45) is 0 Å². The number of halogens is 1. The molecule has 1 heterocycles. The van der Waals surface area contributed by atoms with Gasteiger partial charge in [-0.05, 0) is 35.3 Å². The number of hydrogen-bond donors (Lipinski definition) is 1. The summed E-state index contributed by atoms with van der Waals surface area (Å²) in [6.45, 7) is 6.59. The molecule has 1 atom stereocenters. The topological polar surface area (TPSA) is 12.0 Å². The van der Waals surface area contributed by atoms with Crippen molar-refractivity contribution in [2.75, 3.05) is 0 Å². The fourth-order valence-electron chi connectivity index (χ4n) is 1.39. The molecule has 0 aromatic carbocycles. The Morgan fingerprint density at radius 2 is 2.15 bits per heavy atom. The molecule has 1 aromatic heterocycles. The molecule has 1 unspecified atom stereocenters. The van der Waals surface area contributed by atoms with Crippen molar-refractivity contribution in [3.05, 3.63) is 20.8 Å². The maximum absolute atomic E-state index is 3.49. The summed E-state index contributed by atoms with van der Waals surface area (Å²) in [5.74, 6) is 0. The van der Waals surface area contributed by atoms with Crippen molar-refractivity contribution < 1.29 is 0 Å². The van der Waals surface area contributed by atoms with E-state index in [4.69, 9.17) is 0 Å². The van der Waals surface area contributed by atoms with Gasteiger partial charge in [-0.3, -0.25) is 0 Å². The highest BCUT2D eigenvalue weighted by atomic mass is 79.9. The lowest BCUT2D eigenvalue weighted by Gasteiger charge is -2.15. The summed E-state index contributed by atoms with van der Waals surface area (Å²) >= 11 is 5.28. The van der Waals surface area contributed by atoms with Gasteiger partial charge >= 0.3 is 0 Å². The predicted octanol–water partition coefficient (Wildman–Crippen LogP) is 3.44. The Bertz CT molecular complexity index is 257. The Morgan fingerprint density at radius 3 is 2.62 bits per heavy atom. The zero-order valence-corrected chi connectivity index (χ0v) is 10.7. The third-order valence-electron chi connectivity index (χ3n) is 1.75. The molecule has 1 nitrogen and oxygen atoms in total. The SMILES string of the molecule is CC(C)NC(C)Cc1cc(Br)cs1. The second-order valence-corrected chi connectivity index (χ2v) is 5.57. The van der Waals surface area contributed by atoms with E-state index in [2.05, 4.69) is 53.5 Å². The van der Waals surface area contributed by atoms with Crippen LogP contribution in [0.25, 0.3) is 0 Å². The zero-order chi connectivity index (χ0) is 9.84. The summed E-state index contributed by atoms with van der Waals surface area (Å²) in [4.78, 5) is 1.44. The van der Waals surface area contributed by atoms with E-state index >= 15 is 0 Å². The Hall–Kier alpha value is 0.140. The minimum Gasteiger partial charge on any atom is -0.312 e. The van der Waals surface area contributed by atoms with Gasteiger partial charge in [-0.15, -0.1) is 11.3 Å². The van der Waals surface area contributed by atoms with Gasteiger partial charge < -0.3 is 5.32 Å². The molecule has 0 fully saturated rings. The van der Waals surface area contributed by atoms with E-state index in [1.165, 1.54) is 9.35 Å². The van der Waals surface area contributed by atoms with Crippen LogP contribution in [0.4, 0.5) is 0 Å². The second kappa shape index (κ2) is 5.13. The Morgan fingerprint density at radius 1 is 1.46 bits per heavy atom. The van der Waals surface area contributed by atoms with Gasteiger partial charge in [-0.1, -0.05) is 13.8 Å². The van der Waals surface area contributed by atoms with Crippen LogP contribution in [0.3, 0.4) is 0 Å². The van der Waals surface area contributed by atoms with E-state index in [0.717, 1.165) is 6.42 Å². The van der Waals surface area contributed by atoms with Gasteiger partial charge in [0.15, 0.2) is 0 Å². The van der Waals surface area contributed by atoms with Crippen molar-refractivity contribution in [1.82, 2.24) is 5.32 Å². The third-order valence-corrected chi connectivity index (χ3v) is 3.47. The second-order valence-electron chi connectivity index (χ2n) is 3.66. The first-order valence-corrected chi connectivity index (χ1v) is 6.24. The fourth-order valence-corrected chi connectivity index (χ4v) is 2.97. The van der Waals surface area contributed by atoms with Crippen LogP contribution in [-0.2, 0) is 6.42 Å². The zero-order valence-electron chi connectivity index (χ0n) is 8.30. The molecule has 0 saturated heterocycles. The number of rotatable bonds is 4. The standard InChI is InChI=1S/C10H16BrNS/c1-7(2)12-8(3)4-10-5-9(11)6-13-10/h5-8,12H,4H2,1-3H3. The van der Waals surface area contributed by atoms with E-state index in [1.807, 2.05) is 11.3 Å². The average molecular weight is 262 g/mol. The summed E-state index contributed by atoms with van der Waals surface area (Å²) < 4.78 is 1.20. The highest BCUT2D eigenvalue weighted by Crippen LogP contribution is 2.20. The van der Waals surface area contributed by atoms with Gasteiger partial charge in [-0.2, -0.15) is 0 Å². The fraction of sp³-hybridized carbons (Fsp3) is 0.600. The van der Waals surface area contributed by atoms with Gasteiger partial charge in [0.25, 0.3) is 0 Å². The Balaban J connectivity index is 2.40. The number of hydrogen-bond acceptors (Lipinski definition) is 2. The van der Waals surface area contributed by atoms with Crippen molar-refractivity contribution in [1.29, 1.82) is 0 Å². The van der Waals surface area contributed by atoms with Crippen molar-refractivity contribution in [2.45, 2.75) is 39.3 Å². The third kappa shape index (κ3) is 4.25. The van der Waals surface area contributed by atoms with E-state index in [0.29, 0.717) is 12.1 Å². The van der Waals surface area contributed by atoms with Crippen LogP contribution < -0.4 is 5.32 Å². The minimum atomic E-state index is 0.561. The predicted molar refractivity (Wildman–Crippen MR) is 63.5 cm³/mol. The van der Waals surface area contributed by atoms with Gasteiger partial charge in [0.05, 0.1) is 0 Å². The largest absolute Gasteiger partial charge is 0.312 e. The maximum atomic E-state index is 3.49. The first-order chi connectivity index (χ1) is 6.08.